The number of anilines is 1. The van der Waals surface area contributed by atoms with Crippen molar-refractivity contribution in [3.05, 3.63) is 33.9 Å². The Morgan fingerprint density at radius 3 is 2.88 bits per heavy atom. The molecule has 2 N–H and O–H groups in total. The molecule has 0 bridgehead atoms. The fraction of sp³-hybridized carbons (Fsp3) is 0.333. The zero-order valence-electron chi connectivity index (χ0n) is 9.52. The van der Waals surface area contributed by atoms with E-state index >= 15 is 0 Å². The van der Waals surface area contributed by atoms with Gasteiger partial charge in [-0.25, -0.2) is 4.68 Å². The molecule has 1 aromatic carbocycles. The Hall–Kier alpha value is -1.36. The standard InChI is InChI=1S/C12H13BrN4/c1-7-9(13)3-2-4-10(7)17-11(8-5-6-8)12(14)15-16-17/h2-4,8H,5-6,14H2,1H3. The van der Waals surface area contributed by atoms with Crippen LogP contribution < -0.4 is 5.73 Å². The Labute approximate surface area is 108 Å². The van der Waals surface area contributed by atoms with Gasteiger partial charge < -0.3 is 5.73 Å². The van der Waals surface area contributed by atoms with Gasteiger partial charge in [0.05, 0.1) is 11.4 Å². The monoisotopic (exact) mass is 292 g/mol. The summed E-state index contributed by atoms with van der Waals surface area (Å²) in [5, 5.41) is 8.17. The maximum absolute atomic E-state index is 5.90. The van der Waals surface area contributed by atoms with E-state index in [-0.39, 0.29) is 0 Å². The van der Waals surface area contributed by atoms with Gasteiger partial charge in [0.25, 0.3) is 0 Å². The third kappa shape index (κ3) is 1.74. The van der Waals surface area contributed by atoms with Gasteiger partial charge in [0.15, 0.2) is 5.82 Å². The summed E-state index contributed by atoms with van der Waals surface area (Å²) in [6.07, 6.45) is 2.37. The number of nitrogens with two attached hydrogens (primary N) is 1. The predicted octanol–water partition coefficient (Wildman–Crippen LogP) is 2.80. The van der Waals surface area contributed by atoms with Gasteiger partial charge in [-0.15, -0.1) is 5.10 Å². The van der Waals surface area contributed by atoms with Crippen LogP contribution in [0.3, 0.4) is 0 Å². The van der Waals surface area contributed by atoms with Crippen molar-refractivity contribution < 1.29 is 0 Å². The Balaban J connectivity index is 2.18. The van der Waals surface area contributed by atoms with Gasteiger partial charge in [0.1, 0.15) is 0 Å². The molecule has 88 valence electrons. The molecular formula is C12H13BrN4. The minimum absolute atomic E-state index is 0.531. The van der Waals surface area contributed by atoms with E-state index < -0.39 is 0 Å². The average molecular weight is 293 g/mol. The van der Waals surface area contributed by atoms with Crippen molar-refractivity contribution in [2.24, 2.45) is 0 Å². The molecule has 2 aromatic rings. The maximum atomic E-state index is 5.90. The van der Waals surface area contributed by atoms with Crippen molar-refractivity contribution in [1.29, 1.82) is 0 Å². The number of benzene rings is 1. The number of hydrogen-bond donors (Lipinski definition) is 1. The van der Waals surface area contributed by atoms with Crippen molar-refractivity contribution in [2.45, 2.75) is 25.7 Å². The molecule has 1 heterocycles. The van der Waals surface area contributed by atoms with Crippen molar-refractivity contribution in [3.8, 4) is 5.69 Å². The van der Waals surface area contributed by atoms with E-state index in [1.165, 1.54) is 12.8 Å². The van der Waals surface area contributed by atoms with Crippen LogP contribution >= 0.6 is 15.9 Å². The molecule has 5 heteroatoms. The van der Waals surface area contributed by atoms with Crippen LogP contribution in [0.4, 0.5) is 5.82 Å². The first kappa shape index (κ1) is 10.8. The molecule has 1 aromatic heterocycles. The molecule has 0 spiro atoms. The zero-order chi connectivity index (χ0) is 12.0. The fourth-order valence-corrected chi connectivity index (χ4v) is 2.40. The lowest BCUT2D eigenvalue weighted by molar-refractivity contribution is 0.759. The van der Waals surface area contributed by atoms with Crippen molar-refractivity contribution >= 4 is 21.7 Å². The maximum Gasteiger partial charge on any atom is 0.169 e. The summed E-state index contributed by atoms with van der Waals surface area (Å²) in [4.78, 5) is 0. The van der Waals surface area contributed by atoms with Crippen LogP contribution in [0.2, 0.25) is 0 Å². The minimum Gasteiger partial charge on any atom is -0.381 e. The van der Waals surface area contributed by atoms with Gasteiger partial charge in [-0.3, -0.25) is 0 Å². The highest BCUT2D eigenvalue weighted by molar-refractivity contribution is 9.10. The predicted molar refractivity (Wildman–Crippen MR) is 70.2 cm³/mol. The second kappa shape index (κ2) is 3.84. The third-order valence-electron chi connectivity index (χ3n) is 3.16. The number of aromatic nitrogens is 3. The summed E-state index contributed by atoms with van der Waals surface area (Å²) in [6, 6.07) is 6.07. The van der Waals surface area contributed by atoms with Crippen molar-refractivity contribution in [3.63, 3.8) is 0 Å². The van der Waals surface area contributed by atoms with E-state index in [0.29, 0.717) is 11.7 Å². The molecule has 0 amide bonds. The molecule has 3 rings (SSSR count). The molecule has 0 atom stereocenters. The average Bonchev–Trinajstić information content (AvgIpc) is 3.07. The lowest BCUT2D eigenvalue weighted by Gasteiger charge is -2.10. The second-order valence-electron chi connectivity index (χ2n) is 4.43. The van der Waals surface area contributed by atoms with Gasteiger partial charge in [-0.1, -0.05) is 27.2 Å². The molecule has 0 radical (unpaired) electrons. The molecule has 4 nitrogen and oxygen atoms in total. The highest BCUT2D eigenvalue weighted by Gasteiger charge is 2.31. The highest BCUT2D eigenvalue weighted by atomic mass is 79.9. The molecule has 0 aliphatic heterocycles. The summed E-state index contributed by atoms with van der Waals surface area (Å²) in [5.41, 5.74) is 9.16. The van der Waals surface area contributed by atoms with Gasteiger partial charge in [0.2, 0.25) is 0 Å². The first-order valence-electron chi connectivity index (χ1n) is 5.65. The number of nitrogens with zero attached hydrogens (tertiary/aromatic N) is 3. The van der Waals surface area contributed by atoms with Gasteiger partial charge in [-0.05, 0) is 37.5 Å². The van der Waals surface area contributed by atoms with Gasteiger partial charge >= 0.3 is 0 Å². The minimum atomic E-state index is 0.531. The van der Waals surface area contributed by atoms with E-state index in [9.17, 15) is 0 Å². The molecule has 1 aliphatic carbocycles. The first-order chi connectivity index (χ1) is 8.18. The molecule has 0 unspecified atom stereocenters. The van der Waals surface area contributed by atoms with Gasteiger partial charge in [-0.2, -0.15) is 0 Å². The van der Waals surface area contributed by atoms with Crippen LogP contribution in [0.25, 0.3) is 5.69 Å². The Kier molecular flexibility index (Phi) is 2.43. The van der Waals surface area contributed by atoms with E-state index in [0.717, 1.165) is 21.4 Å². The third-order valence-corrected chi connectivity index (χ3v) is 4.02. The number of halogens is 1. The summed E-state index contributed by atoms with van der Waals surface area (Å²) >= 11 is 3.53. The number of nitrogen functional groups attached to an aromatic ring is 1. The summed E-state index contributed by atoms with van der Waals surface area (Å²) in [7, 11) is 0. The smallest absolute Gasteiger partial charge is 0.169 e. The van der Waals surface area contributed by atoms with Crippen LogP contribution in [0.5, 0.6) is 0 Å². The molecule has 1 saturated carbocycles. The van der Waals surface area contributed by atoms with Crippen molar-refractivity contribution in [1.82, 2.24) is 15.0 Å². The molecule has 0 saturated heterocycles. The van der Waals surface area contributed by atoms with Crippen LogP contribution in [-0.4, -0.2) is 15.0 Å². The van der Waals surface area contributed by atoms with Crippen molar-refractivity contribution in [2.75, 3.05) is 5.73 Å². The van der Waals surface area contributed by atoms with Crippen LogP contribution in [0, 0.1) is 6.92 Å². The molecular weight excluding hydrogens is 280 g/mol. The largest absolute Gasteiger partial charge is 0.381 e. The Morgan fingerprint density at radius 1 is 1.41 bits per heavy atom. The summed E-state index contributed by atoms with van der Waals surface area (Å²) in [6.45, 7) is 2.06. The van der Waals surface area contributed by atoms with Crippen LogP contribution in [0.1, 0.15) is 30.0 Å². The van der Waals surface area contributed by atoms with Crippen LogP contribution in [0.15, 0.2) is 22.7 Å². The lowest BCUT2D eigenvalue weighted by Crippen LogP contribution is -2.04. The normalized spacial score (nSPS) is 15.2. The number of hydrogen-bond acceptors (Lipinski definition) is 3. The SMILES string of the molecule is Cc1c(Br)cccc1-n1nnc(N)c1C1CC1. The zero-order valence-corrected chi connectivity index (χ0v) is 11.1. The van der Waals surface area contributed by atoms with E-state index in [4.69, 9.17) is 5.73 Å². The van der Waals surface area contributed by atoms with Crippen LogP contribution in [-0.2, 0) is 0 Å². The summed E-state index contributed by atoms with van der Waals surface area (Å²) in [5.74, 6) is 1.09. The molecule has 1 aliphatic rings. The van der Waals surface area contributed by atoms with Gasteiger partial charge in [0, 0.05) is 10.4 Å². The molecule has 1 fully saturated rings. The second-order valence-corrected chi connectivity index (χ2v) is 5.28. The first-order valence-corrected chi connectivity index (χ1v) is 6.44. The lowest BCUT2D eigenvalue weighted by atomic mass is 10.2. The van der Waals surface area contributed by atoms with E-state index in [1.807, 2.05) is 22.9 Å². The topological polar surface area (TPSA) is 56.7 Å². The Bertz CT molecular complexity index is 572. The van der Waals surface area contributed by atoms with E-state index in [2.05, 4.69) is 33.2 Å². The number of rotatable bonds is 2. The molecule has 17 heavy (non-hydrogen) atoms. The quantitative estimate of drug-likeness (QED) is 0.926. The summed E-state index contributed by atoms with van der Waals surface area (Å²) < 4.78 is 2.96. The van der Waals surface area contributed by atoms with E-state index in [1.54, 1.807) is 0 Å². The highest BCUT2D eigenvalue weighted by Crippen LogP contribution is 2.43. The Morgan fingerprint density at radius 2 is 2.18 bits per heavy atom. The fourth-order valence-electron chi connectivity index (χ4n) is 2.04.